The Morgan fingerprint density at radius 2 is 2.07 bits per heavy atom. The molecule has 0 N–H and O–H groups in total. The normalized spacial score (nSPS) is 10.9. The SMILES string of the molecule is COC(=O)c1ccc(-c2nc(CSc3nncn3CCc3cccs3)cs2)cc1. The van der Waals surface area contributed by atoms with Crippen molar-refractivity contribution in [1.29, 1.82) is 0 Å². The van der Waals surface area contributed by atoms with Crippen LogP contribution in [0.3, 0.4) is 0 Å². The molecule has 0 radical (unpaired) electrons. The molecule has 0 aliphatic heterocycles. The van der Waals surface area contributed by atoms with Gasteiger partial charge in [-0.1, -0.05) is 30.0 Å². The number of thiazole rings is 1. The van der Waals surface area contributed by atoms with Gasteiger partial charge in [-0.15, -0.1) is 32.9 Å². The second-order valence-electron chi connectivity index (χ2n) is 6.14. The van der Waals surface area contributed by atoms with Crippen molar-refractivity contribution in [3.05, 3.63) is 69.6 Å². The number of ether oxygens (including phenoxy) is 1. The van der Waals surface area contributed by atoms with E-state index in [1.807, 2.05) is 12.1 Å². The number of thioether (sulfide) groups is 1. The summed E-state index contributed by atoms with van der Waals surface area (Å²) < 4.78 is 6.82. The number of carbonyl (C=O) groups is 1. The molecule has 0 aliphatic rings. The molecule has 29 heavy (non-hydrogen) atoms. The van der Waals surface area contributed by atoms with Gasteiger partial charge in [0.25, 0.3) is 0 Å². The number of hydrogen-bond acceptors (Lipinski definition) is 8. The summed E-state index contributed by atoms with van der Waals surface area (Å²) in [7, 11) is 1.38. The van der Waals surface area contributed by atoms with Gasteiger partial charge in [0, 0.05) is 28.1 Å². The van der Waals surface area contributed by atoms with E-state index < -0.39 is 0 Å². The molecule has 4 rings (SSSR count). The van der Waals surface area contributed by atoms with Crippen molar-refractivity contribution in [2.45, 2.75) is 23.9 Å². The molecule has 0 bridgehead atoms. The van der Waals surface area contributed by atoms with Gasteiger partial charge in [-0.25, -0.2) is 9.78 Å². The van der Waals surface area contributed by atoms with E-state index in [2.05, 4.69) is 37.7 Å². The third-order valence-electron chi connectivity index (χ3n) is 4.21. The fourth-order valence-electron chi connectivity index (χ4n) is 2.71. The highest BCUT2D eigenvalue weighted by molar-refractivity contribution is 7.98. The van der Waals surface area contributed by atoms with Crippen molar-refractivity contribution >= 4 is 40.4 Å². The first kappa shape index (κ1) is 19.8. The second kappa shape index (κ2) is 9.34. The van der Waals surface area contributed by atoms with Gasteiger partial charge in [0.1, 0.15) is 11.3 Å². The molecule has 0 atom stereocenters. The van der Waals surface area contributed by atoms with E-state index in [1.54, 1.807) is 52.9 Å². The Bertz CT molecular complexity index is 1070. The zero-order chi connectivity index (χ0) is 20.1. The van der Waals surface area contributed by atoms with E-state index in [0.29, 0.717) is 5.56 Å². The monoisotopic (exact) mass is 442 g/mol. The van der Waals surface area contributed by atoms with E-state index in [0.717, 1.165) is 40.1 Å². The molecule has 1 aromatic carbocycles. The van der Waals surface area contributed by atoms with Crippen molar-refractivity contribution in [2.75, 3.05) is 7.11 Å². The first-order valence-corrected chi connectivity index (χ1v) is 11.6. The van der Waals surface area contributed by atoms with Gasteiger partial charge in [-0.05, 0) is 30.0 Å². The van der Waals surface area contributed by atoms with Crippen LogP contribution < -0.4 is 0 Å². The molecule has 3 heterocycles. The van der Waals surface area contributed by atoms with Crippen molar-refractivity contribution in [1.82, 2.24) is 19.7 Å². The number of methoxy groups -OCH3 is 1. The molecule has 9 heteroatoms. The Kier molecular flexibility index (Phi) is 6.38. The Hall–Kier alpha value is -2.49. The van der Waals surface area contributed by atoms with Crippen LogP contribution in [0.5, 0.6) is 0 Å². The van der Waals surface area contributed by atoms with Gasteiger partial charge in [-0.3, -0.25) is 0 Å². The molecule has 0 spiro atoms. The minimum atomic E-state index is -0.337. The summed E-state index contributed by atoms with van der Waals surface area (Å²) in [5.41, 5.74) is 2.52. The van der Waals surface area contributed by atoms with Crippen LogP contribution in [0.2, 0.25) is 0 Å². The Labute approximate surface area is 180 Å². The van der Waals surface area contributed by atoms with Crippen molar-refractivity contribution < 1.29 is 9.53 Å². The number of esters is 1. The molecule has 0 aliphatic carbocycles. The summed E-state index contributed by atoms with van der Waals surface area (Å²) in [4.78, 5) is 17.6. The fraction of sp³-hybridized carbons (Fsp3) is 0.200. The largest absolute Gasteiger partial charge is 0.465 e. The van der Waals surface area contributed by atoms with E-state index in [-0.39, 0.29) is 5.97 Å². The van der Waals surface area contributed by atoms with Crippen LogP contribution in [0.1, 0.15) is 20.9 Å². The molecule has 6 nitrogen and oxygen atoms in total. The highest BCUT2D eigenvalue weighted by atomic mass is 32.2. The van der Waals surface area contributed by atoms with Gasteiger partial charge in [0.2, 0.25) is 0 Å². The first-order chi connectivity index (χ1) is 14.2. The summed E-state index contributed by atoms with van der Waals surface area (Å²) in [6.07, 6.45) is 2.76. The zero-order valence-corrected chi connectivity index (χ0v) is 18.1. The minimum absolute atomic E-state index is 0.337. The van der Waals surface area contributed by atoms with Gasteiger partial charge in [0.05, 0.1) is 18.4 Å². The molecule has 0 amide bonds. The van der Waals surface area contributed by atoms with E-state index in [4.69, 9.17) is 9.72 Å². The summed E-state index contributed by atoms with van der Waals surface area (Å²) in [5.74, 6) is 0.394. The van der Waals surface area contributed by atoms with Gasteiger partial charge in [-0.2, -0.15) is 0 Å². The highest BCUT2D eigenvalue weighted by Gasteiger charge is 2.11. The number of thiophene rings is 1. The number of benzene rings is 1. The number of aryl methyl sites for hydroxylation is 2. The second-order valence-corrected chi connectivity index (χ2v) is 8.97. The zero-order valence-electron chi connectivity index (χ0n) is 15.6. The maximum atomic E-state index is 11.6. The van der Waals surface area contributed by atoms with Crippen LogP contribution in [0.15, 0.2) is 58.6 Å². The van der Waals surface area contributed by atoms with Gasteiger partial charge in [0.15, 0.2) is 5.16 Å². The Morgan fingerprint density at radius 1 is 1.21 bits per heavy atom. The van der Waals surface area contributed by atoms with Gasteiger partial charge >= 0.3 is 5.97 Å². The standard InChI is InChI=1S/C20H18N4O2S3/c1-26-19(25)15-6-4-14(5-7-15)18-22-16(11-28-18)12-29-20-23-21-13-24(20)9-8-17-3-2-10-27-17/h2-7,10-11,13H,8-9,12H2,1H3. The summed E-state index contributed by atoms with van der Waals surface area (Å²) in [5, 5.41) is 14.3. The number of aromatic nitrogens is 4. The molecule has 3 aromatic heterocycles. The third kappa shape index (κ3) is 4.92. The van der Waals surface area contributed by atoms with Crippen LogP contribution in [0.4, 0.5) is 0 Å². The molecule has 148 valence electrons. The lowest BCUT2D eigenvalue weighted by molar-refractivity contribution is 0.0601. The van der Waals surface area contributed by atoms with E-state index >= 15 is 0 Å². The molecular weight excluding hydrogens is 424 g/mol. The van der Waals surface area contributed by atoms with Gasteiger partial charge < -0.3 is 9.30 Å². The predicted octanol–water partition coefficient (Wildman–Crippen LogP) is 4.78. The van der Waals surface area contributed by atoms with Crippen molar-refractivity contribution in [3.63, 3.8) is 0 Å². The molecular formula is C20H18N4O2S3. The minimum Gasteiger partial charge on any atom is -0.465 e. The number of carbonyl (C=O) groups excluding carboxylic acids is 1. The molecule has 0 saturated carbocycles. The molecule has 4 aromatic rings. The Balaban J connectivity index is 1.36. The van der Waals surface area contributed by atoms with Crippen LogP contribution in [-0.2, 0) is 23.5 Å². The highest BCUT2D eigenvalue weighted by Crippen LogP contribution is 2.28. The van der Waals surface area contributed by atoms with Crippen molar-refractivity contribution in [2.24, 2.45) is 0 Å². The van der Waals surface area contributed by atoms with E-state index in [1.165, 1.54) is 12.0 Å². The van der Waals surface area contributed by atoms with E-state index in [9.17, 15) is 4.79 Å². The van der Waals surface area contributed by atoms with Crippen LogP contribution in [0.25, 0.3) is 10.6 Å². The smallest absolute Gasteiger partial charge is 0.337 e. The summed E-state index contributed by atoms with van der Waals surface area (Å²) in [6, 6.07) is 11.5. The lowest BCUT2D eigenvalue weighted by Crippen LogP contribution is -2.01. The summed E-state index contributed by atoms with van der Waals surface area (Å²) >= 11 is 5.00. The molecule has 0 fully saturated rings. The molecule has 0 saturated heterocycles. The topological polar surface area (TPSA) is 69.9 Å². The maximum absolute atomic E-state index is 11.6. The average molecular weight is 443 g/mol. The summed E-state index contributed by atoms with van der Waals surface area (Å²) in [6.45, 7) is 0.866. The maximum Gasteiger partial charge on any atom is 0.337 e. The lowest BCUT2D eigenvalue weighted by atomic mass is 10.1. The number of nitrogens with zero attached hydrogens (tertiary/aromatic N) is 4. The van der Waals surface area contributed by atoms with Crippen molar-refractivity contribution in [3.8, 4) is 10.6 Å². The molecule has 0 unspecified atom stereocenters. The number of rotatable bonds is 8. The Morgan fingerprint density at radius 3 is 2.83 bits per heavy atom. The quantitative estimate of drug-likeness (QED) is 0.289. The third-order valence-corrected chi connectivity index (χ3v) is 7.10. The first-order valence-electron chi connectivity index (χ1n) is 8.89. The van der Waals surface area contributed by atoms with Crippen LogP contribution in [0, 0.1) is 0 Å². The average Bonchev–Trinajstić information content (AvgIpc) is 3.52. The predicted molar refractivity (Wildman–Crippen MR) is 116 cm³/mol. The lowest BCUT2D eigenvalue weighted by Gasteiger charge is -2.04. The fourth-order valence-corrected chi connectivity index (χ4v) is 5.17. The number of hydrogen-bond donors (Lipinski definition) is 0. The van der Waals surface area contributed by atoms with Crippen LogP contribution >= 0.6 is 34.4 Å². The van der Waals surface area contributed by atoms with Crippen LogP contribution in [-0.4, -0.2) is 32.8 Å².